The van der Waals surface area contributed by atoms with Crippen molar-refractivity contribution in [3.8, 4) is 5.75 Å². The van der Waals surface area contributed by atoms with Gasteiger partial charge < -0.3 is 26.0 Å². The predicted octanol–water partition coefficient (Wildman–Crippen LogP) is 4.58. The van der Waals surface area contributed by atoms with Crippen LogP contribution in [0.25, 0.3) is 0 Å². The van der Waals surface area contributed by atoms with Crippen molar-refractivity contribution in [1.82, 2.24) is 4.90 Å². The Labute approximate surface area is 182 Å². The van der Waals surface area contributed by atoms with E-state index >= 15 is 0 Å². The monoisotopic (exact) mass is 422 g/mol. The van der Waals surface area contributed by atoms with Crippen molar-refractivity contribution >= 4 is 29.0 Å². The first-order valence-electron chi connectivity index (χ1n) is 10.8. The summed E-state index contributed by atoms with van der Waals surface area (Å²) in [5.74, 6) is 0.568. The number of benzene rings is 2. The topological polar surface area (TPSA) is 96.7 Å². The lowest BCUT2D eigenvalue weighted by Gasteiger charge is -2.47. The zero-order valence-corrected chi connectivity index (χ0v) is 18.4. The zero-order chi connectivity index (χ0) is 22.2. The number of urea groups is 1. The molecule has 0 unspecified atom stereocenters. The Kier molecular flexibility index (Phi) is 5.52. The number of ether oxygens (including phenoxy) is 1. The first kappa shape index (κ1) is 21.0. The van der Waals surface area contributed by atoms with Crippen LogP contribution in [-0.2, 0) is 11.3 Å². The van der Waals surface area contributed by atoms with Crippen molar-refractivity contribution < 1.29 is 14.3 Å². The summed E-state index contributed by atoms with van der Waals surface area (Å²) in [7, 11) is 1.61. The van der Waals surface area contributed by atoms with Gasteiger partial charge in [0.25, 0.3) is 0 Å². The van der Waals surface area contributed by atoms with E-state index in [9.17, 15) is 9.59 Å². The molecule has 3 amide bonds. The number of anilines is 3. The zero-order valence-electron chi connectivity index (χ0n) is 18.4. The van der Waals surface area contributed by atoms with Crippen LogP contribution in [0.2, 0.25) is 0 Å². The van der Waals surface area contributed by atoms with Crippen molar-refractivity contribution in [3.63, 3.8) is 0 Å². The van der Waals surface area contributed by atoms with Crippen LogP contribution < -0.4 is 21.1 Å². The molecule has 1 heterocycles. The van der Waals surface area contributed by atoms with Crippen molar-refractivity contribution in [2.75, 3.05) is 23.5 Å². The second-order valence-electron chi connectivity index (χ2n) is 8.61. The lowest BCUT2D eigenvalue weighted by molar-refractivity contribution is -0.128. The predicted molar refractivity (Wildman–Crippen MR) is 122 cm³/mol. The molecule has 7 heteroatoms. The minimum Gasteiger partial charge on any atom is -0.496 e. The van der Waals surface area contributed by atoms with E-state index in [0.29, 0.717) is 36.5 Å². The largest absolute Gasteiger partial charge is 0.496 e. The molecule has 0 bridgehead atoms. The molecular formula is C24H30N4O3. The number of nitrogens with zero attached hydrogens (tertiary/aromatic N) is 1. The fraction of sp³-hybridized carbons (Fsp3) is 0.417. The molecule has 0 saturated heterocycles. The van der Waals surface area contributed by atoms with Gasteiger partial charge in [-0.05, 0) is 61.6 Å². The molecule has 4 N–H and O–H groups in total. The maximum absolute atomic E-state index is 13.7. The van der Waals surface area contributed by atoms with Gasteiger partial charge in [0.15, 0.2) is 0 Å². The molecule has 1 aliphatic carbocycles. The van der Waals surface area contributed by atoms with Gasteiger partial charge in [-0.1, -0.05) is 25.3 Å². The number of nitrogens with two attached hydrogens (primary N) is 1. The van der Waals surface area contributed by atoms with E-state index in [1.807, 2.05) is 38.1 Å². The summed E-state index contributed by atoms with van der Waals surface area (Å²) >= 11 is 0. The molecule has 0 aromatic heterocycles. The average Bonchev–Trinajstić information content (AvgIpc) is 2.75. The third-order valence-corrected chi connectivity index (χ3v) is 6.58. The molecule has 7 nitrogen and oxygen atoms in total. The number of rotatable bonds is 4. The summed E-state index contributed by atoms with van der Waals surface area (Å²) in [4.78, 5) is 28.6. The number of hydrogen-bond acceptors (Lipinski definition) is 4. The van der Waals surface area contributed by atoms with Gasteiger partial charge in [-0.2, -0.15) is 0 Å². The van der Waals surface area contributed by atoms with Gasteiger partial charge in [-0.15, -0.1) is 0 Å². The third kappa shape index (κ3) is 3.80. The van der Waals surface area contributed by atoms with E-state index in [1.165, 1.54) is 0 Å². The molecule has 2 aliphatic rings. The fourth-order valence-electron chi connectivity index (χ4n) is 4.83. The van der Waals surface area contributed by atoms with E-state index in [4.69, 9.17) is 10.5 Å². The van der Waals surface area contributed by atoms with Gasteiger partial charge in [0.05, 0.1) is 13.7 Å². The summed E-state index contributed by atoms with van der Waals surface area (Å²) in [5.41, 5.74) is 10.1. The number of aryl methyl sites for hydroxylation is 2. The molecule has 31 heavy (non-hydrogen) atoms. The second kappa shape index (κ2) is 8.13. The van der Waals surface area contributed by atoms with Crippen LogP contribution in [0.3, 0.4) is 0 Å². The summed E-state index contributed by atoms with van der Waals surface area (Å²) < 4.78 is 5.40. The van der Waals surface area contributed by atoms with Gasteiger partial charge in [-0.3, -0.25) is 4.79 Å². The quantitative estimate of drug-likeness (QED) is 0.628. The lowest BCUT2D eigenvalue weighted by Crippen LogP contribution is -2.61. The number of carbonyl (C=O) groups is 2. The van der Waals surface area contributed by atoms with E-state index in [-0.39, 0.29) is 11.9 Å². The highest BCUT2D eigenvalue weighted by atomic mass is 16.5. The molecule has 0 atom stereocenters. The van der Waals surface area contributed by atoms with Crippen molar-refractivity contribution in [3.05, 3.63) is 47.0 Å². The normalized spacial score (nSPS) is 17.5. The SMILES string of the molecule is COc1cc(NC(=O)C2(N3Cc4c(C)cc(N)cc4NC3=O)CCCCC2)ccc1C. The Hall–Kier alpha value is -3.22. The Morgan fingerprint density at radius 1 is 1.13 bits per heavy atom. The molecular weight excluding hydrogens is 392 g/mol. The summed E-state index contributed by atoms with van der Waals surface area (Å²) in [5, 5.41) is 6.02. The fourth-order valence-corrected chi connectivity index (χ4v) is 4.83. The molecule has 4 rings (SSSR count). The van der Waals surface area contributed by atoms with Crippen molar-refractivity contribution in [2.24, 2.45) is 0 Å². The molecule has 1 saturated carbocycles. The second-order valence-corrected chi connectivity index (χ2v) is 8.61. The number of nitrogen functional groups attached to an aromatic ring is 1. The van der Waals surface area contributed by atoms with Crippen LogP contribution in [0.4, 0.5) is 21.9 Å². The van der Waals surface area contributed by atoms with Gasteiger partial charge in [-0.25, -0.2) is 4.79 Å². The smallest absolute Gasteiger partial charge is 0.323 e. The molecule has 2 aromatic rings. The number of amides is 3. The highest BCUT2D eigenvalue weighted by molar-refractivity contribution is 6.03. The third-order valence-electron chi connectivity index (χ3n) is 6.58. The van der Waals surface area contributed by atoms with E-state index in [0.717, 1.165) is 41.6 Å². The van der Waals surface area contributed by atoms with Crippen molar-refractivity contribution in [2.45, 2.75) is 58.0 Å². The van der Waals surface area contributed by atoms with Crippen LogP contribution in [0.5, 0.6) is 5.75 Å². The number of fused-ring (bicyclic) bond motifs is 1. The number of nitrogens with one attached hydrogen (secondary N) is 2. The van der Waals surface area contributed by atoms with Gasteiger partial charge in [0.1, 0.15) is 11.3 Å². The highest BCUT2D eigenvalue weighted by Crippen LogP contribution is 2.40. The van der Waals surface area contributed by atoms with Crippen LogP contribution in [-0.4, -0.2) is 29.5 Å². The van der Waals surface area contributed by atoms with Crippen LogP contribution in [0.15, 0.2) is 30.3 Å². The van der Waals surface area contributed by atoms with Gasteiger partial charge in [0, 0.05) is 23.1 Å². The lowest BCUT2D eigenvalue weighted by atomic mass is 9.78. The van der Waals surface area contributed by atoms with Gasteiger partial charge >= 0.3 is 6.03 Å². The van der Waals surface area contributed by atoms with E-state index < -0.39 is 5.54 Å². The summed E-state index contributed by atoms with van der Waals surface area (Å²) in [6.45, 7) is 4.33. The summed E-state index contributed by atoms with van der Waals surface area (Å²) in [6.07, 6.45) is 4.15. The summed E-state index contributed by atoms with van der Waals surface area (Å²) in [6, 6.07) is 9.04. The number of carbonyl (C=O) groups excluding carboxylic acids is 2. The van der Waals surface area contributed by atoms with Gasteiger partial charge in [0.2, 0.25) is 5.91 Å². The molecule has 0 radical (unpaired) electrons. The number of methoxy groups -OCH3 is 1. The Morgan fingerprint density at radius 2 is 1.87 bits per heavy atom. The molecule has 0 spiro atoms. The molecule has 164 valence electrons. The van der Waals surface area contributed by atoms with E-state index in [1.54, 1.807) is 18.1 Å². The Bertz CT molecular complexity index is 1030. The number of hydrogen-bond donors (Lipinski definition) is 3. The molecule has 1 aliphatic heterocycles. The van der Waals surface area contributed by atoms with Crippen LogP contribution >= 0.6 is 0 Å². The Morgan fingerprint density at radius 3 is 2.58 bits per heavy atom. The first-order valence-corrected chi connectivity index (χ1v) is 10.8. The van der Waals surface area contributed by atoms with Crippen LogP contribution in [0, 0.1) is 13.8 Å². The molecule has 1 fully saturated rings. The Balaban J connectivity index is 1.67. The minimum atomic E-state index is -0.897. The van der Waals surface area contributed by atoms with E-state index in [2.05, 4.69) is 10.6 Å². The molecule has 2 aromatic carbocycles. The van der Waals surface area contributed by atoms with Crippen molar-refractivity contribution in [1.29, 1.82) is 0 Å². The maximum Gasteiger partial charge on any atom is 0.323 e. The minimum absolute atomic E-state index is 0.148. The standard InChI is InChI=1S/C24H30N4O3/c1-15-7-8-18(13-21(15)31-3)26-22(29)24(9-5-4-6-10-24)28-14-19-16(2)11-17(25)12-20(19)27-23(28)30/h7-8,11-13H,4-6,9-10,14,25H2,1-3H3,(H,26,29)(H,27,30). The average molecular weight is 423 g/mol. The first-order chi connectivity index (χ1) is 14.8. The highest BCUT2D eigenvalue weighted by Gasteiger charge is 2.48. The van der Waals surface area contributed by atoms with Crippen LogP contribution in [0.1, 0.15) is 48.8 Å². The maximum atomic E-state index is 13.7.